The molecule has 0 bridgehead atoms. The number of rotatable bonds is 8. The van der Waals surface area contributed by atoms with Crippen LogP contribution in [0.25, 0.3) is 16.7 Å². The van der Waals surface area contributed by atoms with Gasteiger partial charge in [0.25, 0.3) is 5.56 Å². The molecule has 2 aromatic carbocycles. The molecule has 3 aromatic rings. The normalized spacial score (nSPS) is 13.5. The summed E-state index contributed by atoms with van der Waals surface area (Å²) in [4.78, 5) is 18.1. The highest BCUT2D eigenvalue weighted by molar-refractivity contribution is 5.79. The van der Waals surface area contributed by atoms with Crippen molar-refractivity contribution in [3.63, 3.8) is 0 Å². The van der Waals surface area contributed by atoms with Crippen LogP contribution in [0.3, 0.4) is 0 Å². The molecule has 1 aliphatic rings. The van der Waals surface area contributed by atoms with Gasteiger partial charge in [-0.2, -0.15) is 0 Å². The maximum absolute atomic E-state index is 15.2. The van der Waals surface area contributed by atoms with Gasteiger partial charge in [0.1, 0.15) is 11.6 Å². The van der Waals surface area contributed by atoms with Crippen LogP contribution in [-0.4, -0.2) is 16.1 Å². The molecule has 0 spiro atoms. The van der Waals surface area contributed by atoms with Crippen molar-refractivity contribution in [3.05, 3.63) is 105 Å². The van der Waals surface area contributed by atoms with Crippen molar-refractivity contribution in [2.45, 2.75) is 45.6 Å². The molecule has 0 radical (unpaired) electrons. The van der Waals surface area contributed by atoms with Gasteiger partial charge in [-0.1, -0.05) is 55.5 Å². The fourth-order valence-electron chi connectivity index (χ4n) is 4.32. The average Bonchev–Trinajstić information content (AvgIpc) is 2.84. The van der Waals surface area contributed by atoms with Gasteiger partial charge in [-0.3, -0.25) is 9.36 Å². The lowest BCUT2D eigenvalue weighted by atomic mass is 9.95. The number of benzene rings is 2. The molecule has 1 heterocycles. The maximum Gasteiger partial charge on any atom is 0.261 e. The smallest absolute Gasteiger partial charge is 0.261 e. The summed E-state index contributed by atoms with van der Waals surface area (Å²) in [6.07, 6.45) is 9.69. The fourth-order valence-corrected chi connectivity index (χ4v) is 4.32. The molecule has 5 nitrogen and oxygen atoms in total. The van der Waals surface area contributed by atoms with Gasteiger partial charge in [0.05, 0.1) is 12.1 Å². The number of hydrogen-bond acceptors (Lipinski definition) is 4. The Morgan fingerprint density at radius 3 is 2.44 bits per heavy atom. The van der Waals surface area contributed by atoms with E-state index in [9.17, 15) is 4.79 Å². The Morgan fingerprint density at radius 1 is 1.03 bits per heavy atom. The van der Waals surface area contributed by atoms with Crippen molar-refractivity contribution >= 4 is 5.57 Å². The minimum atomic E-state index is -0.359. The second kappa shape index (κ2) is 10.6. The Hall–Kier alpha value is -3.51. The van der Waals surface area contributed by atoms with E-state index < -0.39 is 0 Å². The van der Waals surface area contributed by atoms with E-state index in [1.807, 2.05) is 49.4 Å². The third-order valence-electron chi connectivity index (χ3n) is 6.18. The number of allylic oxidation sites excluding steroid dienone is 3. The molecule has 176 valence electrons. The Labute approximate surface area is 199 Å². The molecule has 0 saturated heterocycles. The highest BCUT2D eigenvalue weighted by atomic mass is 19.1. The number of hydrogen-bond donors (Lipinski definition) is 2. The van der Waals surface area contributed by atoms with E-state index in [0.717, 1.165) is 47.9 Å². The van der Waals surface area contributed by atoms with Crippen molar-refractivity contribution in [1.82, 2.24) is 9.55 Å². The highest BCUT2D eigenvalue weighted by Crippen LogP contribution is 2.27. The van der Waals surface area contributed by atoms with Crippen LogP contribution in [0, 0.1) is 5.82 Å². The zero-order chi connectivity index (χ0) is 24.1. The molecular weight excluding hydrogens is 427 g/mol. The SMILES string of the molecule is CCCc1ncc(-c2ccc(CCN)cc2)c(=O)n1Cc1ccc(C2=CCCC=C2N)cc1F. The molecule has 0 fully saturated rings. The molecule has 1 aromatic heterocycles. The lowest BCUT2D eigenvalue weighted by Gasteiger charge is -2.16. The summed E-state index contributed by atoms with van der Waals surface area (Å²) in [5, 5.41) is 0. The van der Waals surface area contributed by atoms with Crippen molar-refractivity contribution in [1.29, 1.82) is 0 Å². The molecule has 0 aliphatic heterocycles. The van der Waals surface area contributed by atoms with E-state index in [1.54, 1.807) is 16.8 Å². The van der Waals surface area contributed by atoms with Crippen molar-refractivity contribution < 1.29 is 4.39 Å². The molecule has 0 atom stereocenters. The summed E-state index contributed by atoms with van der Waals surface area (Å²) in [6, 6.07) is 12.9. The first-order valence-electron chi connectivity index (χ1n) is 11.8. The first-order valence-corrected chi connectivity index (χ1v) is 11.8. The Kier molecular flexibility index (Phi) is 7.38. The molecule has 34 heavy (non-hydrogen) atoms. The largest absolute Gasteiger partial charge is 0.398 e. The highest BCUT2D eigenvalue weighted by Gasteiger charge is 2.16. The van der Waals surface area contributed by atoms with Gasteiger partial charge < -0.3 is 11.5 Å². The second-order valence-electron chi connectivity index (χ2n) is 8.63. The zero-order valence-electron chi connectivity index (χ0n) is 19.6. The lowest BCUT2D eigenvalue weighted by Crippen LogP contribution is -2.27. The van der Waals surface area contributed by atoms with Gasteiger partial charge >= 0.3 is 0 Å². The number of aryl methyl sites for hydroxylation is 1. The molecular formula is C28H31FN4O. The first-order chi connectivity index (χ1) is 16.5. The molecule has 0 saturated carbocycles. The van der Waals surface area contributed by atoms with Gasteiger partial charge in [-0.25, -0.2) is 9.37 Å². The van der Waals surface area contributed by atoms with E-state index in [1.165, 1.54) is 6.07 Å². The van der Waals surface area contributed by atoms with Gasteiger partial charge in [-0.15, -0.1) is 0 Å². The fraction of sp³-hybridized carbons (Fsp3) is 0.286. The Morgan fingerprint density at radius 2 is 1.76 bits per heavy atom. The van der Waals surface area contributed by atoms with Crippen LogP contribution in [0.1, 0.15) is 48.7 Å². The summed E-state index contributed by atoms with van der Waals surface area (Å²) in [7, 11) is 0. The summed E-state index contributed by atoms with van der Waals surface area (Å²) in [6.45, 7) is 2.73. The van der Waals surface area contributed by atoms with Crippen molar-refractivity contribution in [2.24, 2.45) is 11.5 Å². The van der Waals surface area contributed by atoms with Crippen LogP contribution in [0.2, 0.25) is 0 Å². The third-order valence-corrected chi connectivity index (χ3v) is 6.18. The molecule has 6 heteroatoms. The summed E-state index contributed by atoms with van der Waals surface area (Å²) in [5.74, 6) is 0.296. The number of aromatic nitrogens is 2. The van der Waals surface area contributed by atoms with E-state index in [-0.39, 0.29) is 17.9 Å². The van der Waals surface area contributed by atoms with E-state index in [2.05, 4.69) is 4.98 Å². The van der Waals surface area contributed by atoms with E-state index >= 15 is 4.39 Å². The Bertz CT molecular complexity index is 1290. The monoisotopic (exact) mass is 458 g/mol. The predicted molar refractivity (Wildman–Crippen MR) is 136 cm³/mol. The maximum atomic E-state index is 15.2. The van der Waals surface area contributed by atoms with Crippen molar-refractivity contribution in [2.75, 3.05) is 6.54 Å². The van der Waals surface area contributed by atoms with Crippen molar-refractivity contribution in [3.8, 4) is 11.1 Å². The zero-order valence-corrected chi connectivity index (χ0v) is 19.6. The Balaban J connectivity index is 1.69. The van der Waals surface area contributed by atoms with E-state index in [0.29, 0.717) is 35.6 Å². The second-order valence-corrected chi connectivity index (χ2v) is 8.63. The van der Waals surface area contributed by atoms with Crippen LogP contribution in [0.5, 0.6) is 0 Å². The minimum absolute atomic E-state index is 0.122. The van der Waals surface area contributed by atoms with Gasteiger partial charge in [0.2, 0.25) is 0 Å². The lowest BCUT2D eigenvalue weighted by molar-refractivity contribution is 0.582. The summed E-state index contributed by atoms with van der Waals surface area (Å²) < 4.78 is 16.8. The van der Waals surface area contributed by atoms with Crippen LogP contribution < -0.4 is 17.0 Å². The predicted octanol–water partition coefficient (Wildman–Crippen LogP) is 4.57. The number of nitrogens with zero attached hydrogens (tertiary/aromatic N) is 2. The third kappa shape index (κ3) is 5.02. The quantitative estimate of drug-likeness (QED) is 0.518. The standard InChI is InChI=1S/C28H31FN4O/c1-2-5-27-32-17-24(20-10-8-19(9-11-20)14-15-30)28(34)33(27)18-22-13-12-21(16-25(22)29)23-6-3-4-7-26(23)31/h6-13,16-17H,2-5,14-15,18,30-31H2,1H3. The van der Waals surface area contributed by atoms with Crippen LogP contribution in [-0.2, 0) is 19.4 Å². The molecule has 4 rings (SSSR count). The summed E-state index contributed by atoms with van der Waals surface area (Å²) >= 11 is 0. The number of halogens is 1. The van der Waals surface area contributed by atoms with Gasteiger partial charge in [0.15, 0.2) is 0 Å². The van der Waals surface area contributed by atoms with Crippen LogP contribution >= 0.6 is 0 Å². The average molecular weight is 459 g/mol. The van der Waals surface area contributed by atoms with E-state index in [4.69, 9.17) is 11.5 Å². The van der Waals surface area contributed by atoms with Gasteiger partial charge in [0, 0.05) is 29.5 Å². The van der Waals surface area contributed by atoms with Crippen LogP contribution in [0.4, 0.5) is 4.39 Å². The topological polar surface area (TPSA) is 86.9 Å². The molecule has 4 N–H and O–H groups in total. The molecule has 0 unspecified atom stereocenters. The first kappa shape index (κ1) is 23.6. The van der Waals surface area contributed by atoms with Gasteiger partial charge in [-0.05, 0) is 55.0 Å². The summed E-state index contributed by atoms with van der Waals surface area (Å²) in [5.41, 5.74) is 16.7. The molecule has 0 amide bonds. The van der Waals surface area contributed by atoms with Crippen LogP contribution in [0.15, 0.2) is 71.3 Å². The number of nitrogens with two attached hydrogens (primary N) is 2. The minimum Gasteiger partial charge on any atom is -0.398 e. The molecule has 1 aliphatic carbocycles.